The number of halogens is 1. The van der Waals surface area contributed by atoms with Crippen molar-refractivity contribution in [3.63, 3.8) is 0 Å². The number of aromatic hydroxyl groups is 1. The Morgan fingerprint density at radius 1 is 1.24 bits per heavy atom. The topological polar surface area (TPSA) is 46.2 Å². The summed E-state index contributed by atoms with van der Waals surface area (Å²) in [5, 5.41) is 10.2. The van der Waals surface area contributed by atoms with Gasteiger partial charge in [0.1, 0.15) is 5.75 Å². The highest BCUT2D eigenvalue weighted by atomic mass is 35.5. The van der Waals surface area contributed by atoms with Crippen LogP contribution in [0.1, 0.15) is 48.8 Å². The molecule has 0 amide bonds. The molecule has 3 heteroatoms. The van der Waals surface area contributed by atoms with E-state index in [-0.39, 0.29) is 11.3 Å². The number of nitrogens with two attached hydrogens (primary N) is 1. The van der Waals surface area contributed by atoms with Crippen LogP contribution in [0.2, 0.25) is 5.02 Å². The van der Waals surface area contributed by atoms with Gasteiger partial charge >= 0.3 is 0 Å². The highest BCUT2D eigenvalue weighted by Gasteiger charge is 2.33. The molecule has 0 saturated heterocycles. The van der Waals surface area contributed by atoms with Gasteiger partial charge in [0.15, 0.2) is 0 Å². The van der Waals surface area contributed by atoms with Crippen LogP contribution in [0.4, 0.5) is 0 Å². The Hall–Kier alpha value is -0.730. The van der Waals surface area contributed by atoms with Crippen molar-refractivity contribution in [2.24, 2.45) is 5.73 Å². The van der Waals surface area contributed by atoms with Crippen molar-refractivity contribution in [1.29, 1.82) is 0 Å². The summed E-state index contributed by atoms with van der Waals surface area (Å²) in [6.45, 7) is 3.95. The smallest absolute Gasteiger partial charge is 0.134 e. The third kappa shape index (κ3) is 2.16. The second-order valence-electron chi connectivity index (χ2n) is 5.24. The van der Waals surface area contributed by atoms with Gasteiger partial charge in [0.25, 0.3) is 0 Å². The summed E-state index contributed by atoms with van der Waals surface area (Å²) < 4.78 is 0. The minimum atomic E-state index is -0.260. The molecule has 3 N–H and O–H groups in total. The lowest BCUT2D eigenvalue weighted by molar-refractivity contribution is 0.299. The number of aryl methyl sites for hydroxylation is 1. The molecule has 17 heavy (non-hydrogen) atoms. The van der Waals surface area contributed by atoms with Gasteiger partial charge in [-0.05, 0) is 49.4 Å². The summed E-state index contributed by atoms with van der Waals surface area (Å²) in [6.07, 6.45) is 5.64. The van der Waals surface area contributed by atoms with E-state index in [1.54, 1.807) is 6.07 Å². The molecular formula is C14H20ClNO. The van der Waals surface area contributed by atoms with E-state index in [9.17, 15) is 5.11 Å². The predicted octanol–water partition coefficient (Wildman–Crippen LogP) is 3.78. The summed E-state index contributed by atoms with van der Waals surface area (Å²) in [7, 11) is 0. The van der Waals surface area contributed by atoms with E-state index < -0.39 is 0 Å². The zero-order valence-electron chi connectivity index (χ0n) is 10.5. The van der Waals surface area contributed by atoms with Crippen LogP contribution in [0, 0.1) is 13.8 Å². The number of benzene rings is 1. The highest BCUT2D eigenvalue weighted by Crippen LogP contribution is 2.42. The average molecular weight is 254 g/mol. The molecule has 0 heterocycles. The van der Waals surface area contributed by atoms with Crippen molar-refractivity contribution >= 4 is 11.6 Å². The largest absolute Gasteiger partial charge is 0.506 e. The zero-order chi connectivity index (χ0) is 12.6. The lowest BCUT2D eigenvalue weighted by Gasteiger charge is -2.36. The molecular weight excluding hydrogens is 234 g/mol. The maximum atomic E-state index is 9.71. The average Bonchev–Trinajstić information content (AvgIpc) is 2.26. The molecule has 1 fully saturated rings. The van der Waals surface area contributed by atoms with Gasteiger partial charge in [-0.15, -0.1) is 0 Å². The molecule has 0 aromatic heterocycles. The molecule has 1 aromatic rings. The molecule has 1 saturated carbocycles. The van der Waals surface area contributed by atoms with Gasteiger partial charge in [0.05, 0.1) is 5.02 Å². The van der Waals surface area contributed by atoms with Crippen molar-refractivity contribution in [3.8, 4) is 5.75 Å². The monoisotopic (exact) mass is 253 g/mol. The molecule has 2 nitrogen and oxygen atoms in total. The SMILES string of the molecule is Cc1cc(O)c(Cl)c(C)c1C1(N)CCCCC1. The lowest BCUT2D eigenvalue weighted by atomic mass is 9.74. The minimum Gasteiger partial charge on any atom is -0.506 e. The molecule has 0 spiro atoms. The van der Waals surface area contributed by atoms with Gasteiger partial charge in [0, 0.05) is 5.54 Å². The van der Waals surface area contributed by atoms with Crippen LogP contribution in [0.15, 0.2) is 6.07 Å². The van der Waals surface area contributed by atoms with Crippen LogP contribution < -0.4 is 5.73 Å². The fourth-order valence-corrected chi connectivity index (χ4v) is 3.29. The second-order valence-corrected chi connectivity index (χ2v) is 5.62. The van der Waals surface area contributed by atoms with E-state index in [0.29, 0.717) is 5.02 Å². The highest BCUT2D eigenvalue weighted by molar-refractivity contribution is 6.32. The first-order chi connectivity index (χ1) is 7.96. The standard InChI is InChI=1S/C14H20ClNO/c1-9-8-11(17)13(15)10(2)12(9)14(16)6-4-3-5-7-14/h8,17H,3-7,16H2,1-2H3. The summed E-state index contributed by atoms with van der Waals surface area (Å²) >= 11 is 6.13. The van der Waals surface area contributed by atoms with Gasteiger partial charge in [-0.3, -0.25) is 0 Å². The van der Waals surface area contributed by atoms with Crippen LogP contribution in [0.3, 0.4) is 0 Å². The molecule has 1 aliphatic carbocycles. The molecule has 94 valence electrons. The van der Waals surface area contributed by atoms with Gasteiger partial charge < -0.3 is 10.8 Å². The van der Waals surface area contributed by atoms with Gasteiger partial charge in [-0.2, -0.15) is 0 Å². The third-order valence-electron chi connectivity index (χ3n) is 3.92. The number of rotatable bonds is 1. The van der Waals surface area contributed by atoms with Crippen molar-refractivity contribution < 1.29 is 5.11 Å². The minimum absolute atomic E-state index is 0.157. The van der Waals surface area contributed by atoms with Gasteiger partial charge in [-0.25, -0.2) is 0 Å². The second kappa shape index (κ2) is 4.51. The first kappa shape index (κ1) is 12.7. The van der Waals surface area contributed by atoms with Gasteiger partial charge in [0.2, 0.25) is 0 Å². The van der Waals surface area contributed by atoms with Gasteiger partial charge in [-0.1, -0.05) is 30.9 Å². The van der Waals surface area contributed by atoms with Crippen LogP contribution in [0.25, 0.3) is 0 Å². The predicted molar refractivity (Wildman–Crippen MR) is 71.5 cm³/mol. The Balaban J connectivity index is 2.54. The molecule has 0 aliphatic heterocycles. The maximum Gasteiger partial charge on any atom is 0.134 e. The first-order valence-electron chi connectivity index (χ1n) is 6.24. The quantitative estimate of drug-likeness (QED) is 0.800. The molecule has 0 atom stereocenters. The first-order valence-corrected chi connectivity index (χ1v) is 6.61. The van der Waals surface area contributed by atoms with E-state index in [1.807, 2.05) is 13.8 Å². The maximum absolute atomic E-state index is 9.71. The van der Waals surface area contributed by atoms with E-state index >= 15 is 0 Å². The van der Waals surface area contributed by atoms with E-state index in [0.717, 1.165) is 29.5 Å². The normalized spacial score (nSPS) is 19.3. The lowest BCUT2D eigenvalue weighted by Crippen LogP contribution is -2.40. The Morgan fingerprint density at radius 3 is 2.41 bits per heavy atom. The van der Waals surface area contributed by atoms with Crippen LogP contribution in [0.5, 0.6) is 5.75 Å². The summed E-state index contributed by atoms with van der Waals surface area (Å²) in [4.78, 5) is 0. The van der Waals surface area contributed by atoms with Crippen molar-refractivity contribution in [3.05, 3.63) is 27.8 Å². The van der Waals surface area contributed by atoms with E-state index in [1.165, 1.54) is 19.3 Å². The summed E-state index contributed by atoms with van der Waals surface area (Å²) in [5.41, 5.74) is 9.43. The van der Waals surface area contributed by atoms with E-state index in [2.05, 4.69) is 0 Å². The molecule has 2 rings (SSSR count). The number of phenols is 1. The fraction of sp³-hybridized carbons (Fsp3) is 0.571. The number of hydrogen-bond donors (Lipinski definition) is 2. The number of phenolic OH excluding ortho intramolecular Hbond substituents is 1. The summed E-state index contributed by atoms with van der Waals surface area (Å²) in [5.74, 6) is 0.157. The Labute approximate surface area is 108 Å². The summed E-state index contributed by atoms with van der Waals surface area (Å²) in [6, 6.07) is 1.73. The third-order valence-corrected chi connectivity index (χ3v) is 4.40. The molecule has 0 bridgehead atoms. The number of hydrogen-bond acceptors (Lipinski definition) is 2. The van der Waals surface area contributed by atoms with Crippen LogP contribution >= 0.6 is 11.6 Å². The van der Waals surface area contributed by atoms with E-state index in [4.69, 9.17) is 17.3 Å². The molecule has 0 radical (unpaired) electrons. The van der Waals surface area contributed by atoms with Crippen molar-refractivity contribution in [2.45, 2.75) is 51.5 Å². The Kier molecular flexibility index (Phi) is 3.37. The zero-order valence-corrected chi connectivity index (χ0v) is 11.3. The Morgan fingerprint density at radius 2 is 1.82 bits per heavy atom. The van der Waals surface area contributed by atoms with Crippen molar-refractivity contribution in [1.82, 2.24) is 0 Å². The van der Waals surface area contributed by atoms with Crippen LogP contribution in [-0.4, -0.2) is 5.11 Å². The van der Waals surface area contributed by atoms with Crippen molar-refractivity contribution in [2.75, 3.05) is 0 Å². The molecule has 1 aliphatic rings. The molecule has 0 unspecified atom stereocenters. The van der Waals surface area contributed by atoms with Crippen LogP contribution in [-0.2, 0) is 5.54 Å². The Bertz CT molecular complexity index is 436. The fourth-order valence-electron chi connectivity index (χ4n) is 3.14. The molecule has 1 aromatic carbocycles.